The summed E-state index contributed by atoms with van der Waals surface area (Å²) < 4.78 is 16.4. The van der Waals surface area contributed by atoms with Gasteiger partial charge in [-0.1, -0.05) is 11.6 Å². The van der Waals surface area contributed by atoms with Crippen LogP contribution in [0.15, 0.2) is 12.1 Å². The Balaban J connectivity index is 1.97. The molecule has 0 aromatic heterocycles. The second kappa shape index (κ2) is 4.90. The SMILES string of the molecule is O=C(O)C1CCOC1c1cc(Cl)c2c(c1)OCCO2. The van der Waals surface area contributed by atoms with Gasteiger partial charge in [-0.3, -0.25) is 4.79 Å². The van der Waals surface area contributed by atoms with Crippen LogP contribution >= 0.6 is 11.6 Å². The summed E-state index contributed by atoms with van der Waals surface area (Å²) >= 11 is 6.15. The summed E-state index contributed by atoms with van der Waals surface area (Å²) in [5.74, 6) is -0.331. The summed E-state index contributed by atoms with van der Waals surface area (Å²) in [6, 6.07) is 3.45. The molecule has 102 valence electrons. The van der Waals surface area contributed by atoms with Gasteiger partial charge in [0.05, 0.1) is 17.0 Å². The van der Waals surface area contributed by atoms with Crippen molar-refractivity contribution in [3.05, 3.63) is 22.7 Å². The number of benzene rings is 1. The van der Waals surface area contributed by atoms with Crippen LogP contribution in [0.5, 0.6) is 11.5 Å². The van der Waals surface area contributed by atoms with Crippen LogP contribution in [0.4, 0.5) is 0 Å². The number of fused-ring (bicyclic) bond motifs is 1. The van der Waals surface area contributed by atoms with Crippen molar-refractivity contribution in [1.29, 1.82) is 0 Å². The van der Waals surface area contributed by atoms with Gasteiger partial charge in [-0.05, 0) is 24.1 Å². The first-order valence-corrected chi connectivity index (χ1v) is 6.48. The van der Waals surface area contributed by atoms with Gasteiger partial charge in [-0.25, -0.2) is 0 Å². The molecule has 0 bridgehead atoms. The van der Waals surface area contributed by atoms with Crippen molar-refractivity contribution in [1.82, 2.24) is 0 Å². The fourth-order valence-electron chi connectivity index (χ4n) is 2.47. The number of aliphatic carboxylic acids is 1. The van der Waals surface area contributed by atoms with Gasteiger partial charge >= 0.3 is 5.97 Å². The predicted molar refractivity (Wildman–Crippen MR) is 66.9 cm³/mol. The number of hydrogen-bond acceptors (Lipinski definition) is 4. The molecule has 1 saturated heterocycles. The molecule has 0 saturated carbocycles. The molecule has 2 unspecified atom stereocenters. The third-order valence-electron chi connectivity index (χ3n) is 3.36. The van der Waals surface area contributed by atoms with Crippen molar-refractivity contribution in [2.75, 3.05) is 19.8 Å². The lowest BCUT2D eigenvalue weighted by molar-refractivity contribution is -0.143. The summed E-state index contributed by atoms with van der Waals surface area (Å²) in [5.41, 5.74) is 0.721. The summed E-state index contributed by atoms with van der Waals surface area (Å²) in [6.07, 6.45) is 0.0253. The molecule has 6 heteroatoms. The van der Waals surface area contributed by atoms with Gasteiger partial charge in [-0.15, -0.1) is 0 Å². The Morgan fingerprint density at radius 2 is 2.05 bits per heavy atom. The van der Waals surface area contributed by atoms with E-state index in [9.17, 15) is 9.90 Å². The van der Waals surface area contributed by atoms with Crippen molar-refractivity contribution in [2.45, 2.75) is 12.5 Å². The molecule has 0 spiro atoms. The molecular weight excluding hydrogens is 272 g/mol. The Labute approximate surface area is 115 Å². The smallest absolute Gasteiger partial charge is 0.309 e. The van der Waals surface area contributed by atoms with Gasteiger partial charge in [0.25, 0.3) is 0 Å². The number of hydrogen-bond donors (Lipinski definition) is 1. The second-order valence-electron chi connectivity index (χ2n) is 4.55. The van der Waals surface area contributed by atoms with E-state index in [1.807, 2.05) is 0 Å². The fraction of sp³-hybridized carbons (Fsp3) is 0.462. The van der Waals surface area contributed by atoms with Crippen LogP contribution in [-0.2, 0) is 9.53 Å². The maximum atomic E-state index is 11.2. The molecule has 2 atom stereocenters. The summed E-state index contributed by atoms with van der Waals surface area (Å²) in [7, 11) is 0. The number of carbonyl (C=O) groups is 1. The molecule has 5 nitrogen and oxygen atoms in total. The minimum atomic E-state index is -0.853. The van der Waals surface area contributed by atoms with E-state index >= 15 is 0 Å². The molecule has 1 aromatic carbocycles. The van der Waals surface area contributed by atoms with Gasteiger partial charge in [0.2, 0.25) is 0 Å². The molecule has 1 fully saturated rings. The molecule has 2 heterocycles. The molecule has 0 amide bonds. The Morgan fingerprint density at radius 1 is 1.26 bits per heavy atom. The van der Waals surface area contributed by atoms with E-state index in [4.69, 9.17) is 25.8 Å². The molecule has 2 aliphatic rings. The van der Waals surface area contributed by atoms with E-state index in [1.54, 1.807) is 12.1 Å². The fourth-order valence-corrected chi connectivity index (χ4v) is 2.74. The lowest BCUT2D eigenvalue weighted by atomic mass is 9.95. The predicted octanol–water partition coefficient (Wildman–Crippen LogP) is 2.27. The zero-order valence-electron chi connectivity index (χ0n) is 10.1. The molecule has 3 rings (SSSR count). The van der Waals surface area contributed by atoms with E-state index in [0.29, 0.717) is 42.8 Å². The zero-order valence-corrected chi connectivity index (χ0v) is 10.9. The highest BCUT2D eigenvalue weighted by molar-refractivity contribution is 6.32. The van der Waals surface area contributed by atoms with Gasteiger partial charge in [0.1, 0.15) is 13.2 Å². The van der Waals surface area contributed by atoms with Crippen LogP contribution in [0, 0.1) is 5.92 Å². The van der Waals surface area contributed by atoms with Crippen LogP contribution < -0.4 is 9.47 Å². The lowest BCUT2D eigenvalue weighted by Crippen LogP contribution is -2.19. The average molecular weight is 285 g/mol. The Kier molecular flexibility index (Phi) is 3.24. The Hall–Kier alpha value is -1.46. The van der Waals surface area contributed by atoms with Crippen LogP contribution in [0.25, 0.3) is 0 Å². The maximum Gasteiger partial charge on any atom is 0.309 e. The second-order valence-corrected chi connectivity index (χ2v) is 4.96. The van der Waals surface area contributed by atoms with E-state index in [0.717, 1.165) is 5.56 Å². The third-order valence-corrected chi connectivity index (χ3v) is 3.64. The van der Waals surface area contributed by atoms with Gasteiger partial charge in [0, 0.05) is 6.61 Å². The van der Waals surface area contributed by atoms with Gasteiger partial charge in [0.15, 0.2) is 11.5 Å². The van der Waals surface area contributed by atoms with Gasteiger partial charge < -0.3 is 19.3 Å². The largest absolute Gasteiger partial charge is 0.486 e. The van der Waals surface area contributed by atoms with Crippen LogP contribution in [0.1, 0.15) is 18.1 Å². The topological polar surface area (TPSA) is 65.0 Å². The molecule has 2 aliphatic heterocycles. The van der Waals surface area contributed by atoms with E-state index < -0.39 is 18.0 Å². The number of halogens is 1. The molecule has 0 radical (unpaired) electrons. The highest BCUT2D eigenvalue weighted by atomic mass is 35.5. The molecule has 19 heavy (non-hydrogen) atoms. The van der Waals surface area contributed by atoms with Crippen molar-refractivity contribution < 1.29 is 24.1 Å². The monoisotopic (exact) mass is 284 g/mol. The minimum Gasteiger partial charge on any atom is -0.486 e. The average Bonchev–Trinajstić information content (AvgIpc) is 2.88. The van der Waals surface area contributed by atoms with Crippen LogP contribution in [0.3, 0.4) is 0 Å². The standard InChI is InChI=1S/C13H13ClO5/c14-9-5-7(6-10-12(9)19-4-3-17-10)11-8(13(15)16)1-2-18-11/h5-6,8,11H,1-4H2,(H,15,16). The quantitative estimate of drug-likeness (QED) is 0.902. The van der Waals surface area contributed by atoms with Gasteiger partial charge in [-0.2, -0.15) is 0 Å². The molecular formula is C13H13ClO5. The number of ether oxygens (including phenoxy) is 3. The highest BCUT2D eigenvalue weighted by Gasteiger charge is 2.36. The summed E-state index contributed by atoms with van der Waals surface area (Å²) in [6.45, 7) is 1.36. The maximum absolute atomic E-state index is 11.2. The van der Waals surface area contributed by atoms with Crippen molar-refractivity contribution in [2.24, 2.45) is 5.92 Å². The zero-order chi connectivity index (χ0) is 13.4. The number of carboxylic acid groups (broad SMARTS) is 1. The molecule has 1 N–H and O–H groups in total. The van der Waals surface area contributed by atoms with E-state index in [1.165, 1.54) is 0 Å². The van der Waals surface area contributed by atoms with E-state index in [-0.39, 0.29) is 0 Å². The van der Waals surface area contributed by atoms with Crippen LogP contribution in [0.2, 0.25) is 5.02 Å². The van der Waals surface area contributed by atoms with E-state index in [2.05, 4.69) is 0 Å². The lowest BCUT2D eigenvalue weighted by Gasteiger charge is -2.22. The highest BCUT2D eigenvalue weighted by Crippen LogP contribution is 2.43. The first-order valence-electron chi connectivity index (χ1n) is 6.10. The third kappa shape index (κ3) is 2.24. The van der Waals surface area contributed by atoms with Crippen molar-refractivity contribution in [3.63, 3.8) is 0 Å². The summed E-state index contributed by atoms with van der Waals surface area (Å²) in [5, 5.41) is 9.61. The van der Waals surface area contributed by atoms with Crippen LogP contribution in [-0.4, -0.2) is 30.9 Å². The normalized spacial score (nSPS) is 25.3. The number of rotatable bonds is 2. The first-order chi connectivity index (χ1) is 9.16. The van der Waals surface area contributed by atoms with Crippen molar-refractivity contribution >= 4 is 17.6 Å². The first kappa shape index (κ1) is 12.6. The Morgan fingerprint density at radius 3 is 2.84 bits per heavy atom. The van der Waals surface area contributed by atoms with Crippen molar-refractivity contribution in [3.8, 4) is 11.5 Å². The Bertz CT molecular complexity index is 516. The summed E-state index contributed by atoms with van der Waals surface area (Å²) in [4.78, 5) is 11.2. The number of carboxylic acids is 1. The minimum absolute atomic E-state index is 0.423. The molecule has 0 aliphatic carbocycles. The molecule has 1 aromatic rings.